The molecule has 0 saturated carbocycles. The van der Waals surface area contributed by atoms with E-state index in [9.17, 15) is 9.90 Å². The number of carbonyl (C=O) groups excluding carboxylic acids is 1. The first-order valence-electron chi connectivity index (χ1n) is 7.32. The Morgan fingerprint density at radius 2 is 1.96 bits per heavy atom. The second kappa shape index (κ2) is 7.38. The summed E-state index contributed by atoms with van der Waals surface area (Å²) in [7, 11) is 0. The number of thioether (sulfide) groups is 1. The van der Waals surface area contributed by atoms with Gasteiger partial charge in [-0.2, -0.15) is 0 Å². The molecule has 0 spiro atoms. The van der Waals surface area contributed by atoms with Gasteiger partial charge in [0.15, 0.2) is 0 Å². The zero-order chi connectivity index (χ0) is 17.1. The molecule has 1 aliphatic rings. The number of hydrogen-bond acceptors (Lipinski definition) is 4. The average molecular weight is 376 g/mol. The maximum Gasteiger partial charge on any atom is 0.266 e. The normalized spacial score (nSPS) is 16.2. The first-order chi connectivity index (χ1) is 11.5. The van der Waals surface area contributed by atoms with Crippen LogP contribution in [0.2, 0.25) is 5.02 Å². The van der Waals surface area contributed by atoms with E-state index in [0.717, 1.165) is 12.0 Å². The van der Waals surface area contributed by atoms with Gasteiger partial charge in [0, 0.05) is 17.1 Å². The lowest BCUT2D eigenvalue weighted by Crippen LogP contribution is -2.30. The molecule has 0 radical (unpaired) electrons. The van der Waals surface area contributed by atoms with Gasteiger partial charge in [-0.1, -0.05) is 65.9 Å². The Bertz CT molecular complexity index is 821. The highest BCUT2D eigenvalue weighted by molar-refractivity contribution is 8.26. The Balaban J connectivity index is 1.76. The molecular weight excluding hydrogens is 362 g/mol. The maximum atomic E-state index is 12.6. The summed E-state index contributed by atoms with van der Waals surface area (Å²) in [4.78, 5) is 14.7. The number of phenolic OH excluding ortho intramolecular Hbond substituents is 1. The topological polar surface area (TPSA) is 40.5 Å². The van der Waals surface area contributed by atoms with Gasteiger partial charge in [0.2, 0.25) is 0 Å². The van der Waals surface area contributed by atoms with Crippen molar-refractivity contribution in [1.29, 1.82) is 0 Å². The highest BCUT2D eigenvalue weighted by atomic mass is 35.5. The van der Waals surface area contributed by atoms with Gasteiger partial charge in [0.1, 0.15) is 10.1 Å². The molecule has 1 N–H and O–H groups in total. The molecule has 0 bridgehead atoms. The van der Waals surface area contributed by atoms with Gasteiger partial charge >= 0.3 is 0 Å². The largest absolute Gasteiger partial charge is 0.507 e. The molecule has 1 fully saturated rings. The summed E-state index contributed by atoms with van der Waals surface area (Å²) in [6.45, 7) is 0.535. The molecule has 3 rings (SSSR count). The average Bonchev–Trinajstić information content (AvgIpc) is 2.84. The van der Waals surface area contributed by atoms with Crippen molar-refractivity contribution in [2.75, 3.05) is 6.54 Å². The van der Waals surface area contributed by atoms with Gasteiger partial charge in [0.05, 0.1) is 4.91 Å². The predicted molar refractivity (Wildman–Crippen MR) is 103 cm³/mol. The molecule has 0 unspecified atom stereocenters. The summed E-state index contributed by atoms with van der Waals surface area (Å²) in [5, 5.41) is 10.4. The van der Waals surface area contributed by atoms with E-state index < -0.39 is 0 Å². The van der Waals surface area contributed by atoms with Crippen LogP contribution in [0.25, 0.3) is 6.08 Å². The highest BCUT2D eigenvalue weighted by Gasteiger charge is 2.31. The molecule has 2 aromatic rings. The summed E-state index contributed by atoms with van der Waals surface area (Å²) in [6.07, 6.45) is 2.37. The van der Waals surface area contributed by atoms with Crippen LogP contribution in [-0.4, -0.2) is 26.8 Å². The molecule has 3 nitrogen and oxygen atoms in total. The Morgan fingerprint density at radius 1 is 1.21 bits per heavy atom. The lowest BCUT2D eigenvalue weighted by Gasteiger charge is -2.14. The number of halogens is 1. The molecule has 122 valence electrons. The van der Waals surface area contributed by atoms with Crippen molar-refractivity contribution in [2.45, 2.75) is 6.42 Å². The quantitative estimate of drug-likeness (QED) is 0.631. The van der Waals surface area contributed by atoms with E-state index in [4.69, 9.17) is 23.8 Å². The van der Waals surface area contributed by atoms with E-state index in [1.165, 1.54) is 17.8 Å². The fraction of sp³-hybridized carbons (Fsp3) is 0.111. The number of rotatable bonds is 4. The number of phenols is 1. The van der Waals surface area contributed by atoms with Gasteiger partial charge in [-0.15, -0.1) is 0 Å². The predicted octanol–water partition coefficient (Wildman–Crippen LogP) is 4.49. The van der Waals surface area contributed by atoms with E-state index in [0.29, 0.717) is 26.4 Å². The molecule has 0 aromatic heterocycles. The molecule has 1 saturated heterocycles. The summed E-state index contributed by atoms with van der Waals surface area (Å²) < 4.78 is 0.531. The maximum absolute atomic E-state index is 12.6. The van der Waals surface area contributed by atoms with Crippen LogP contribution in [0.4, 0.5) is 0 Å². The minimum atomic E-state index is -0.139. The van der Waals surface area contributed by atoms with Gasteiger partial charge in [-0.05, 0) is 36.3 Å². The van der Waals surface area contributed by atoms with Gasteiger partial charge in [-0.3, -0.25) is 9.69 Å². The van der Waals surface area contributed by atoms with Crippen LogP contribution < -0.4 is 0 Å². The van der Waals surface area contributed by atoms with Gasteiger partial charge in [0.25, 0.3) is 5.91 Å². The van der Waals surface area contributed by atoms with Gasteiger partial charge in [-0.25, -0.2) is 0 Å². The van der Waals surface area contributed by atoms with E-state index in [2.05, 4.69) is 0 Å². The minimum Gasteiger partial charge on any atom is -0.507 e. The fourth-order valence-corrected chi connectivity index (χ4v) is 3.84. The molecule has 1 amide bonds. The number of thiocarbonyl (C=S) groups is 1. The Hall–Kier alpha value is -1.82. The second-order valence-electron chi connectivity index (χ2n) is 5.27. The zero-order valence-corrected chi connectivity index (χ0v) is 15.0. The van der Waals surface area contributed by atoms with Crippen molar-refractivity contribution in [3.8, 4) is 5.75 Å². The zero-order valence-electron chi connectivity index (χ0n) is 12.6. The standard InChI is InChI=1S/C18H14ClNO2S2/c19-14-6-7-15(21)13(10-14)11-16-17(22)20(18(23)24-16)9-8-12-4-2-1-3-5-12/h1-7,10-11,21H,8-9H2/b16-11-. The van der Waals surface area contributed by atoms with E-state index in [1.807, 2.05) is 30.3 Å². The first kappa shape index (κ1) is 17.0. The number of carbonyl (C=O) groups is 1. The lowest BCUT2D eigenvalue weighted by atomic mass is 10.1. The molecular formula is C18H14ClNO2S2. The van der Waals surface area contributed by atoms with Crippen molar-refractivity contribution < 1.29 is 9.90 Å². The molecule has 1 aliphatic heterocycles. The summed E-state index contributed by atoms with van der Waals surface area (Å²) >= 11 is 12.5. The Kier molecular flexibility index (Phi) is 5.23. The molecule has 0 atom stereocenters. The van der Waals surface area contributed by atoms with Crippen LogP contribution in [0.3, 0.4) is 0 Å². The van der Waals surface area contributed by atoms with Crippen molar-refractivity contribution >= 4 is 51.9 Å². The fourth-order valence-electron chi connectivity index (χ4n) is 2.36. The molecule has 24 heavy (non-hydrogen) atoms. The number of nitrogens with zero attached hydrogens (tertiary/aromatic N) is 1. The third-order valence-electron chi connectivity index (χ3n) is 3.62. The van der Waals surface area contributed by atoms with E-state index >= 15 is 0 Å². The van der Waals surface area contributed by atoms with Crippen molar-refractivity contribution in [3.05, 3.63) is 69.6 Å². The van der Waals surface area contributed by atoms with E-state index in [-0.39, 0.29) is 11.7 Å². The van der Waals surface area contributed by atoms with Crippen molar-refractivity contribution in [2.24, 2.45) is 0 Å². The first-order valence-corrected chi connectivity index (χ1v) is 8.92. The monoisotopic (exact) mass is 375 g/mol. The van der Waals surface area contributed by atoms with Crippen LogP contribution >= 0.6 is 35.6 Å². The SMILES string of the molecule is O=C1/C(=C/c2cc(Cl)ccc2O)SC(=S)N1CCc1ccccc1. The van der Waals surface area contributed by atoms with Crippen LogP contribution in [0.5, 0.6) is 5.75 Å². The van der Waals surface area contributed by atoms with Crippen LogP contribution in [-0.2, 0) is 11.2 Å². The van der Waals surface area contributed by atoms with Crippen molar-refractivity contribution in [3.63, 3.8) is 0 Å². The number of aromatic hydroxyl groups is 1. The Morgan fingerprint density at radius 3 is 2.71 bits per heavy atom. The molecule has 6 heteroatoms. The van der Waals surface area contributed by atoms with E-state index in [1.54, 1.807) is 23.1 Å². The summed E-state index contributed by atoms with van der Waals surface area (Å²) in [6, 6.07) is 14.7. The molecule has 1 heterocycles. The minimum absolute atomic E-state index is 0.0777. The third kappa shape index (κ3) is 3.80. The molecule has 0 aliphatic carbocycles. The smallest absolute Gasteiger partial charge is 0.266 e. The summed E-state index contributed by atoms with van der Waals surface area (Å²) in [5.41, 5.74) is 1.66. The third-order valence-corrected chi connectivity index (χ3v) is 5.23. The summed E-state index contributed by atoms with van der Waals surface area (Å²) in [5.74, 6) is -0.0609. The van der Waals surface area contributed by atoms with Crippen LogP contribution in [0, 0.1) is 0 Å². The number of amides is 1. The van der Waals surface area contributed by atoms with Gasteiger partial charge < -0.3 is 5.11 Å². The number of hydrogen-bond donors (Lipinski definition) is 1. The molecule has 2 aromatic carbocycles. The lowest BCUT2D eigenvalue weighted by molar-refractivity contribution is -0.122. The van der Waals surface area contributed by atoms with Crippen LogP contribution in [0.1, 0.15) is 11.1 Å². The highest BCUT2D eigenvalue weighted by Crippen LogP contribution is 2.34. The Labute approximate surface area is 154 Å². The van der Waals surface area contributed by atoms with Crippen molar-refractivity contribution in [1.82, 2.24) is 4.90 Å². The van der Waals surface area contributed by atoms with Crippen LogP contribution in [0.15, 0.2) is 53.4 Å². The number of benzene rings is 2. The second-order valence-corrected chi connectivity index (χ2v) is 7.38.